The average Bonchev–Trinajstić information content (AvgIpc) is 2.97. The molecule has 0 amide bonds. The van der Waals surface area contributed by atoms with Crippen molar-refractivity contribution in [1.29, 1.82) is 0 Å². The van der Waals surface area contributed by atoms with E-state index in [0.29, 0.717) is 23.7 Å². The van der Waals surface area contributed by atoms with Crippen LogP contribution in [0.1, 0.15) is 45.2 Å². The maximum Gasteiger partial charge on any atom is 0.297 e. The smallest absolute Gasteiger partial charge is 0.297 e. The van der Waals surface area contributed by atoms with Gasteiger partial charge in [0, 0.05) is 12.6 Å². The van der Waals surface area contributed by atoms with Crippen LogP contribution in [0.25, 0.3) is 0 Å². The molecule has 0 atom stereocenters. The Labute approximate surface area is 103 Å². The summed E-state index contributed by atoms with van der Waals surface area (Å²) < 4.78 is 5.49. The number of hydrogen-bond donors (Lipinski definition) is 1. The highest BCUT2D eigenvalue weighted by Crippen LogP contribution is 2.28. The number of aromatic nitrogens is 1. The predicted octanol–water partition coefficient (Wildman–Crippen LogP) is 2.57. The molecular weight excluding hydrogens is 216 g/mol. The second-order valence-corrected chi connectivity index (χ2v) is 5.26. The van der Waals surface area contributed by atoms with Crippen molar-refractivity contribution in [3.05, 3.63) is 12.0 Å². The van der Waals surface area contributed by atoms with Crippen molar-refractivity contribution in [3.63, 3.8) is 0 Å². The van der Waals surface area contributed by atoms with Crippen LogP contribution in [-0.2, 0) is 6.61 Å². The van der Waals surface area contributed by atoms with Crippen molar-refractivity contribution in [2.24, 2.45) is 5.92 Å². The van der Waals surface area contributed by atoms with Crippen molar-refractivity contribution in [3.8, 4) is 0 Å². The Kier molecular flexibility index (Phi) is 4.05. The van der Waals surface area contributed by atoms with Gasteiger partial charge in [0.15, 0.2) is 0 Å². The van der Waals surface area contributed by atoms with Crippen LogP contribution in [-0.4, -0.2) is 22.7 Å². The van der Waals surface area contributed by atoms with Crippen molar-refractivity contribution in [1.82, 2.24) is 4.98 Å². The van der Waals surface area contributed by atoms with Gasteiger partial charge in [-0.1, -0.05) is 26.7 Å². The quantitative estimate of drug-likeness (QED) is 0.856. The van der Waals surface area contributed by atoms with E-state index in [4.69, 9.17) is 9.52 Å². The number of anilines is 1. The van der Waals surface area contributed by atoms with E-state index in [9.17, 15) is 0 Å². The van der Waals surface area contributed by atoms with E-state index in [0.717, 1.165) is 6.54 Å². The summed E-state index contributed by atoms with van der Waals surface area (Å²) in [5.41, 5.74) is 0.617. The molecule has 1 aliphatic rings. The summed E-state index contributed by atoms with van der Waals surface area (Å²) in [6.07, 6.45) is 6.60. The summed E-state index contributed by atoms with van der Waals surface area (Å²) in [5.74, 6) is 0.583. The van der Waals surface area contributed by atoms with Gasteiger partial charge in [0.25, 0.3) is 6.01 Å². The Morgan fingerprint density at radius 1 is 1.47 bits per heavy atom. The topological polar surface area (TPSA) is 49.5 Å². The van der Waals surface area contributed by atoms with Crippen LogP contribution >= 0.6 is 0 Å². The fourth-order valence-corrected chi connectivity index (χ4v) is 2.49. The van der Waals surface area contributed by atoms with E-state index in [-0.39, 0.29) is 6.61 Å². The third-order valence-corrected chi connectivity index (χ3v) is 3.27. The zero-order valence-electron chi connectivity index (χ0n) is 10.7. The molecule has 1 fully saturated rings. The van der Waals surface area contributed by atoms with Gasteiger partial charge in [-0.3, -0.25) is 0 Å². The largest absolute Gasteiger partial charge is 0.432 e. The SMILES string of the molecule is CC(C)CN(c1nc(CO)co1)C1CCCC1. The first-order chi connectivity index (χ1) is 8.20. The molecule has 4 heteroatoms. The van der Waals surface area contributed by atoms with E-state index in [1.54, 1.807) is 6.26 Å². The summed E-state index contributed by atoms with van der Waals surface area (Å²) in [7, 11) is 0. The molecule has 2 rings (SSSR count). The lowest BCUT2D eigenvalue weighted by molar-refractivity contribution is 0.276. The zero-order chi connectivity index (χ0) is 12.3. The number of aliphatic hydroxyl groups excluding tert-OH is 1. The Morgan fingerprint density at radius 3 is 2.71 bits per heavy atom. The van der Waals surface area contributed by atoms with Crippen molar-refractivity contribution >= 4 is 6.01 Å². The minimum atomic E-state index is -0.0519. The summed E-state index contributed by atoms with van der Waals surface area (Å²) in [6, 6.07) is 1.23. The zero-order valence-corrected chi connectivity index (χ0v) is 10.7. The highest BCUT2D eigenvalue weighted by atomic mass is 16.4. The molecule has 1 saturated carbocycles. The van der Waals surface area contributed by atoms with Gasteiger partial charge in [0.05, 0.1) is 6.61 Å². The van der Waals surface area contributed by atoms with Crippen molar-refractivity contribution in [2.45, 2.75) is 52.2 Å². The number of oxazole rings is 1. The van der Waals surface area contributed by atoms with Crippen molar-refractivity contribution in [2.75, 3.05) is 11.4 Å². The van der Waals surface area contributed by atoms with Crippen LogP contribution in [0.2, 0.25) is 0 Å². The Bertz CT molecular complexity index is 343. The van der Waals surface area contributed by atoms with Crippen LogP contribution in [0.5, 0.6) is 0 Å². The molecule has 0 aromatic carbocycles. The van der Waals surface area contributed by atoms with Crippen LogP contribution in [0, 0.1) is 5.92 Å². The first kappa shape index (κ1) is 12.4. The number of aliphatic hydroxyl groups is 1. The Hall–Kier alpha value is -1.03. The van der Waals surface area contributed by atoms with Crippen LogP contribution in [0.15, 0.2) is 10.7 Å². The minimum Gasteiger partial charge on any atom is -0.432 e. The van der Waals surface area contributed by atoms with Crippen LogP contribution in [0.3, 0.4) is 0 Å². The fraction of sp³-hybridized carbons (Fsp3) is 0.769. The summed E-state index contributed by atoms with van der Waals surface area (Å²) >= 11 is 0. The molecule has 4 nitrogen and oxygen atoms in total. The van der Waals surface area contributed by atoms with Gasteiger partial charge in [0.2, 0.25) is 0 Å². The third-order valence-electron chi connectivity index (χ3n) is 3.27. The maximum absolute atomic E-state index is 9.04. The molecule has 0 radical (unpaired) electrons. The van der Waals surface area contributed by atoms with E-state index in [1.807, 2.05) is 0 Å². The summed E-state index contributed by atoms with van der Waals surface area (Å²) in [6.45, 7) is 5.33. The molecule has 1 aliphatic carbocycles. The molecular formula is C13H22N2O2. The second-order valence-electron chi connectivity index (χ2n) is 5.26. The first-order valence-corrected chi connectivity index (χ1v) is 6.52. The summed E-state index contributed by atoms with van der Waals surface area (Å²) in [4.78, 5) is 6.61. The average molecular weight is 238 g/mol. The lowest BCUT2D eigenvalue weighted by Gasteiger charge is -2.28. The van der Waals surface area contributed by atoms with Gasteiger partial charge >= 0.3 is 0 Å². The number of nitrogens with zero attached hydrogens (tertiary/aromatic N) is 2. The predicted molar refractivity (Wildman–Crippen MR) is 66.9 cm³/mol. The highest BCUT2D eigenvalue weighted by Gasteiger charge is 2.26. The van der Waals surface area contributed by atoms with E-state index in [2.05, 4.69) is 23.7 Å². The molecule has 17 heavy (non-hydrogen) atoms. The molecule has 1 heterocycles. The molecule has 0 bridgehead atoms. The Morgan fingerprint density at radius 2 is 2.18 bits per heavy atom. The first-order valence-electron chi connectivity index (χ1n) is 6.52. The molecule has 1 aromatic rings. The highest BCUT2D eigenvalue weighted by molar-refractivity contribution is 5.29. The normalized spacial score (nSPS) is 16.9. The van der Waals surface area contributed by atoms with Gasteiger partial charge in [-0.25, -0.2) is 0 Å². The molecule has 1 aromatic heterocycles. The Balaban J connectivity index is 2.13. The molecule has 96 valence electrons. The van der Waals surface area contributed by atoms with E-state index in [1.165, 1.54) is 25.7 Å². The van der Waals surface area contributed by atoms with E-state index >= 15 is 0 Å². The third kappa shape index (κ3) is 3.00. The molecule has 0 saturated heterocycles. The van der Waals surface area contributed by atoms with Gasteiger partial charge in [-0.2, -0.15) is 4.98 Å². The molecule has 0 unspecified atom stereocenters. The fourth-order valence-electron chi connectivity index (χ4n) is 2.49. The van der Waals surface area contributed by atoms with Gasteiger partial charge in [-0.15, -0.1) is 0 Å². The summed E-state index contributed by atoms with van der Waals surface area (Å²) in [5, 5.41) is 9.04. The van der Waals surface area contributed by atoms with Crippen molar-refractivity contribution < 1.29 is 9.52 Å². The molecule has 0 spiro atoms. The maximum atomic E-state index is 9.04. The van der Waals surface area contributed by atoms with E-state index < -0.39 is 0 Å². The van der Waals surface area contributed by atoms with Gasteiger partial charge < -0.3 is 14.4 Å². The minimum absolute atomic E-state index is 0.0519. The monoisotopic (exact) mass is 238 g/mol. The number of rotatable bonds is 5. The standard InChI is InChI=1S/C13H22N2O2/c1-10(2)7-15(12-5-3-4-6-12)13-14-11(8-16)9-17-13/h9-10,12,16H,3-8H2,1-2H3. The lowest BCUT2D eigenvalue weighted by Crippen LogP contribution is -2.36. The molecule has 1 N–H and O–H groups in total. The number of hydrogen-bond acceptors (Lipinski definition) is 4. The van der Waals surface area contributed by atoms with Gasteiger partial charge in [-0.05, 0) is 18.8 Å². The van der Waals surface area contributed by atoms with Gasteiger partial charge in [0.1, 0.15) is 12.0 Å². The second kappa shape index (κ2) is 5.54. The van der Waals surface area contributed by atoms with Crippen LogP contribution < -0.4 is 4.90 Å². The molecule has 0 aliphatic heterocycles. The van der Waals surface area contributed by atoms with Crippen LogP contribution in [0.4, 0.5) is 6.01 Å². The lowest BCUT2D eigenvalue weighted by atomic mass is 10.1.